The van der Waals surface area contributed by atoms with Gasteiger partial charge >= 0.3 is 12.0 Å². The van der Waals surface area contributed by atoms with E-state index in [-0.39, 0.29) is 11.9 Å². The molecule has 2 fully saturated rings. The average molecular weight is 361 g/mol. The second-order valence-electron chi connectivity index (χ2n) is 6.55. The van der Waals surface area contributed by atoms with Gasteiger partial charge in [0.15, 0.2) is 0 Å². The van der Waals surface area contributed by atoms with E-state index >= 15 is 0 Å². The fraction of sp³-hybridized carbons (Fsp3) is 0.500. The van der Waals surface area contributed by atoms with Gasteiger partial charge < -0.3 is 25.0 Å². The van der Waals surface area contributed by atoms with Gasteiger partial charge in [-0.3, -0.25) is 9.59 Å². The number of likely N-dealkylation sites (tertiary alicyclic amines) is 1. The van der Waals surface area contributed by atoms with Gasteiger partial charge in [-0.25, -0.2) is 4.79 Å². The monoisotopic (exact) mass is 361 g/mol. The van der Waals surface area contributed by atoms with E-state index in [2.05, 4.69) is 5.32 Å². The van der Waals surface area contributed by atoms with Gasteiger partial charge in [0.05, 0.1) is 18.7 Å². The normalized spacial score (nSPS) is 21.0. The van der Waals surface area contributed by atoms with Crippen LogP contribution in [0, 0.1) is 5.92 Å². The van der Waals surface area contributed by atoms with Crippen molar-refractivity contribution in [3.63, 3.8) is 0 Å². The van der Waals surface area contributed by atoms with Gasteiger partial charge in [0.25, 0.3) is 0 Å². The summed E-state index contributed by atoms with van der Waals surface area (Å²) in [5.41, 5.74) is 0.694. The zero-order valence-corrected chi connectivity index (χ0v) is 14.7. The first-order valence-electron chi connectivity index (χ1n) is 8.74. The summed E-state index contributed by atoms with van der Waals surface area (Å²) in [4.78, 5) is 39.3. The Balaban J connectivity index is 1.59. The second kappa shape index (κ2) is 7.63. The van der Waals surface area contributed by atoms with Crippen molar-refractivity contribution in [3.8, 4) is 5.75 Å². The van der Waals surface area contributed by atoms with E-state index in [0.717, 1.165) is 0 Å². The SMILES string of the molecule is COc1ccccc1N1CCC(NC(=O)N2CCC(C(=O)O)CC2)C1=O. The number of nitrogens with one attached hydrogen (secondary N) is 1. The summed E-state index contributed by atoms with van der Waals surface area (Å²) in [5, 5.41) is 11.8. The summed E-state index contributed by atoms with van der Waals surface area (Å²) in [6.45, 7) is 1.28. The smallest absolute Gasteiger partial charge is 0.318 e. The second-order valence-corrected chi connectivity index (χ2v) is 6.55. The lowest BCUT2D eigenvalue weighted by atomic mass is 9.97. The van der Waals surface area contributed by atoms with Gasteiger partial charge in [0, 0.05) is 19.6 Å². The van der Waals surface area contributed by atoms with Crippen molar-refractivity contribution in [2.45, 2.75) is 25.3 Å². The quantitative estimate of drug-likeness (QED) is 0.842. The van der Waals surface area contributed by atoms with Crippen molar-refractivity contribution < 1.29 is 24.2 Å². The maximum atomic E-state index is 12.7. The maximum absolute atomic E-state index is 12.7. The highest BCUT2D eigenvalue weighted by atomic mass is 16.5. The Morgan fingerprint density at radius 2 is 1.85 bits per heavy atom. The molecule has 1 unspecified atom stereocenters. The van der Waals surface area contributed by atoms with Gasteiger partial charge in [0.2, 0.25) is 5.91 Å². The number of hydrogen-bond acceptors (Lipinski definition) is 4. The molecule has 1 aromatic carbocycles. The van der Waals surface area contributed by atoms with Gasteiger partial charge in [-0.2, -0.15) is 0 Å². The molecule has 3 rings (SSSR count). The Labute approximate surface area is 151 Å². The number of anilines is 1. The van der Waals surface area contributed by atoms with Crippen molar-refractivity contribution in [2.75, 3.05) is 31.6 Å². The molecule has 0 saturated carbocycles. The minimum Gasteiger partial charge on any atom is -0.495 e. The zero-order chi connectivity index (χ0) is 18.7. The molecule has 140 valence electrons. The van der Waals surface area contributed by atoms with Crippen LogP contribution in [0.1, 0.15) is 19.3 Å². The summed E-state index contributed by atoms with van der Waals surface area (Å²) < 4.78 is 5.31. The van der Waals surface area contributed by atoms with Crippen molar-refractivity contribution in [1.82, 2.24) is 10.2 Å². The number of rotatable bonds is 4. The number of carboxylic acids is 1. The number of ether oxygens (including phenoxy) is 1. The summed E-state index contributed by atoms with van der Waals surface area (Å²) in [6.07, 6.45) is 1.40. The molecule has 0 aromatic heterocycles. The summed E-state index contributed by atoms with van der Waals surface area (Å²) in [7, 11) is 1.55. The molecule has 0 aliphatic carbocycles. The number of amides is 3. The number of methoxy groups -OCH3 is 1. The van der Waals surface area contributed by atoms with Crippen molar-refractivity contribution in [1.29, 1.82) is 0 Å². The molecule has 8 nitrogen and oxygen atoms in total. The van der Waals surface area contributed by atoms with E-state index < -0.39 is 17.9 Å². The zero-order valence-electron chi connectivity index (χ0n) is 14.7. The van der Waals surface area contributed by atoms with Crippen molar-refractivity contribution >= 4 is 23.6 Å². The predicted molar refractivity (Wildman–Crippen MR) is 94.2 cm³/mol. The standard InChI is InChI=1S/C18H23N3O5/c1-26-15-5-3-2-4-14(15)21-11-8-13(16(21)22)19-18(25)20-9-6-12(7-10-20)17(23)24/h2-5,12-13H,6-11H2,1H3,(H,19,25)(H,23,24). The molecule has 2 saturated heterocycles. The number of urea groups is 1. The van der Waals surface area contributed by atoms with E-state index in [9.17, 15) is 14.4 Å². The van der Waals surface area contributed by atoms with E-state index in [1.165, 1.54) is 0 Å². The van der Waals surface area contributed by atoms with Crippen LogP contribution in [-0.4, -0.2) is 60.7 Å². The number of piperidine rings is 1. The molecule has 0 bridgehead atoms. The van der Waals surface area contributed by atoms with Crippen LogP contribution in [0.15, 0.2) is 24.3 Å². The van der Waals surface area contributed by atoms with Gasteiger partial charge in [-0.1, -0.05) is 12.1 Å². The van der Waals surface area contributed by atoms with Crippen LogP contribution in [0.5, 0.6) is 5.75 Å². The molecule has 1 aromatic rings. The third-order valence-electron chi connectivity index (χ3n) is 5.01. The first-order valence-corrected chi connectivity index (χ1v) is 8.74. The van der Waals surface area contributed by atoms with E-state index in [1.807, 2.05) is 18.2 Å². The fourth-order valence-corrected chi connectivity index (χ4v) is 3.48. The number of carbonyl (C=O) groups excluding carboxylic acids is 2. The minimum absolute atomic E-state index is 0.164. The van der Waals surface area contributed by atoms with Crippen LogP contribution in [0.2, 0.25) is 0 Å². The largest absolute Gasteiger partial charge is 0.495 e. The highest BCUT2D eigenvalue weighted by molar-refractivity contribution is 6.02. The predicted octanol–water partition coefficient (Wildman–Crippen LogP) is 1.31. The number of para-hydroxylation sites is 2. The molecular weight excluding hydrogens is 338 g/mol. The average Bonchev–Trinajstić information content (AvgIpc) is 3.02. The Bertz CT molecular complexity index is 700. The molecule has 0 radical (unpaired) electrons. The van der Waals surface area contributed by atoms with Gasteiger partial charge in [-0.05, 0) is 31.4 Å². The van der Waals surface area contributed by atoms with E-state index in [0.29, 0.717) is 50.3 Å². The number of benzene rings is 1. The number of carbonyl (C=O) groups is 3. The molecule has 2 N–H and O–H groups in total. The van der Waals surface area contributed by atoms with E-state index in [4.69, 9.17) is 9.84 Å². The Morgan fingerprint density at radius 1 is 1.15 bits per heavy atom. The van der Waals surface area contributed by atoms with Crippen LogP contribution in [0.3, 0.4) is 0 Å². The first-order chi connectivity index (χ1) is 12.5. The highest BCUT2D eigenvalue weighted by Crippen LogP contribution is 2.31. The number of aliphatic carboxylic acids is 1. The number of nitrogens with zero attached hydrogens (tertiary/aromatic N) is 2. The molecule has 8 heteroatoms. The van der Waals surface area contributed by atoms with Crippen molar-refractivity contribution in [2.24, 2.45) is 5.92 Å². The Kier molecular flexibility index (Phi) is 5.29. The highest BCUT2D eigenvalue weighted by Gasteiger charge is 2.36. The number of carboxylic acid groups (broad SMARTS) is 1. The molecule has 0 spiro atoms. The van der Waals surface area contributed by atoms with Crippen LogP contribution < -0.4 is 15.0 Å². The van der Waals surface area contributed by atoms with Crippen LogP contribution in [0.25, 0.3) is 0 Å². The molecule has 3 amide bonds. The molecule has 26 heavy (non-hydrogen) atoms. The molecule has 2 heterocycles. The van der Waals surface area contributed by atoms with Crippen LogP contribution in [0.4, 0.5) is 10.5 Å². The fourth-order valence-electron chi connectivity index (χ4n) is 3.48. The molecule has 2 aliphatic heterocycles. The van der Waals surface area contributed by atoms with Gasteiger partial charge in [-0.15, -0.1) is 0 Å². The minimum atomic E-state index is -0.816. The van der Waals surface area contributed by atoms with Crippen LogP contribution >= 0.6 is 0 Å². The van der Waals surface area contributed by atoms with Crippen LogP contribution in [-0.2, 0) is 9.59 Å². The molecule has 1 atom stereocenters. The number of hydrogen-bond donors (Lipinski definition) is 2. The maximum Gasteiger partial charge on any atom is 0.318 e. The molecule has 2 aliphatic rings. The topological polar surface area (TPSA) is 99.2 Å². The molecular formula is C18H23N3O5. The van der Waals surface area contributed by atoms with E-state index in [1.54, 1.807) is 23.0 Å². The lowest BCUT2D eigenvalue weighted by Crippen LogP contribution is -2.50. The summed E-state index contributed by atoms with van der Waals surface area (Å²) in [6, 6.07) is 6.39. The third kappa shape index (κ3) is 3.58. The first kappa shape index (κ1) is 18.0. The third-order valence-corrected chi connectivity index (χ3v) is 5.01. The summed E-state index contributed by atoms with van der Waals surface area (Å²) >= 11 is 0. The Hall–Kier alpha value is -2.77. The van der Waals surface area contributed by atoms with Crippen molar-refractivity contribution in [3.05, 3.63) is 24.3 Å². The lowest BCUT2D eigenvalue weighted by Gasteiger charge is -2.31. The lowest BCUT2D eigenvalue weighted by molar-refractivity contribution is -0.143. The van der Waals surface area contributed by atoms with Gasteiger partial charge in [0.1, 0.15) is 11.8 Å². The summed E-state index contributed by atoms with van der Waals surface area (Å²) in [5.74, 6) is -0.761. The Morgan fingerprint density at radius 3 is 2.50 bits per heavy atom.